The van der Waals surface area contributed by atoms with Gasteiger partial charge in [-0.25, -0.2) is 5.06 Å². The number of carbonyl (C=O) groups is 1. The molecule has 1 aliphatic carbocycles. The van der Waals surface area contributed by atoms with E-state index in [0.29, 0.717) is 0 Å². The van der Waals surface area contributed by atoms with E-state index in [1.54, 1.807) is 6.08 Å². The minimum absolute atomic E-state index is 0.114. The predicted molar refractivity (Wildman–Crippen MR) is 144 cm³/mol. The number of nitriles is 1. The maximum Gasteiger partial charge on any atom is 0.249 e. The summed E-state index contributed by atoms with van der Waals surface area (Å²) in [6, 6.07) is 12.2. The molecule has 0 saturated carbocycles. The molecule has 3 rings (SSSR count). The van der Waals surface area contributed by atoms with E-state index < -0.39 is 48.3 Å². The van der Waals surface area contributed by atoms with Crippen molar-refractivity contribution in [1.82, 2.24) is 5.06 Å². The van der Waals surface area contributed by atoms with Crippen LogP contribution in [0.4, 0.5) is 0 Å². The first-order valence-electron chi connectivity index (χ1n) is 12.2. The second-order valence-corrected chi connectivity index (χ2v) is 25.7. The third-order valence-corrected chi connectivity index (χ3v) is 8.54. The Morgan fingerprint density at radius 1 is 0.914 bits per heavy atom. The quantitative estimate of drug-likeness (QED) is 0.247. The summed E-state index contributed by atoms with van der Waals surface area (Å²) >= 11 is 0. The van der Waals surface area contributed by atoms with E-state index in [9.17, 15) is 10.1 Å². The Labute approximate surface area is 213 Å². The lowest BCUT2D eigenvalue weighted by molar-refractivity contribution is -0.278. The molecule has 192 valence electrons. The maximum atomic E-state index is 12.9. The molecule has 1 fully saturated rings. The summed E-state index contributed by atoms with van der Waals surface area (Å²) in [6.45, 7) is 19.0. The van der Waals surface area contributed by atoms with Crippen LogP contribution in [-0.4, -0.2) is 59.3 Å². The number of rotatable bonds is 9. The smallest absolute Gasteiger partial charge is 0.249 e. The molecular formula is C25H40N2O5Si3. The first-order valence-corrected chi connectivity index (χ1v) is 22.4. The number of hydroxylamine groups is 2. The molecule has 1 aliphatic heterocycles. The average molecular weight is 533 g/mol. The highest BCUT2D eigenvalue weighted by atomic mass is 28.4. The number of hydrogen-bond donors (Lipinski definition) is 0. The summed E-state index contributed by atoms with van der Waals surface area (Å²) < 4.78 is 20.1. The summed E-state index contributed by atoms with van der Waals surface area (Å²) in [7, 11) is -6.48. The van der Waals surface area contributed by atoms with E-state index in [1.807, 2.05) is 36.4 Å². The number of amides is 1. The van der Waals surface area contributed by atoms with Gasteiger partial charge < -0.3 is 13.3 Å². The molecular weight excluding hydrogens is 493 g/mol. The second-order valence-electron chi connectivity index (χ2n) is 12.4. The second kappa shape index (κ2) is 9.70. The molecule has 35 heavy (non-hydrogen) atoms. The first kappa shape index (κ1) is 28.0. The monoisotopic (exact) mass is 532 g/mol. The van der Waals surface area contributed by atoms with Gasteiger partial charge in [0.1, 0.15) is 30.4 Å². The van der Waals surface area contributed by atoms with Crippen molar-refractivity contribution in [2.24, 2.45) is 0 Å². The normalized spacial score (nSPS) is 29.3. The fourth-order valence-electron chi connectivity index (χ4n) is 4.52. The fraction of sp³-hybridized carbons (Fsp3) is 0.600. The van der Waals surface area contributed by atoms with Crippen LogP contribution in [0, 0.1) is 11.3 Å². The Balaban J connectivity index is 2.10. The molecule has 0 bridgehead atoms. The van der Waals surface area contributed by atoms with Crippen molar-refractivity contribution >= 4 is 30.9 Å². The van der Waals surface area contributed by atoms with Crippen molar-refractivity contribution in [3.05, 3.63) is 48.0 Å². The molecule has 4 atom stereocenters. The van der Waals surface area contributed by atoms with Gasteiger partial charge >= 0.3 is 0 Å². The first-order chi connectivity index (χ1) is 16.0. The van der Waals surface area contributed by atoms with Crippen LogP contribution in [0.1, 0.15) is 12.0 Å². The predicted octanol–water partition coefficient (Wildman–Crippen LogP) is 5.21. The van der Waals surface area contributed by atoms with Gasteiger partial charge in [0.15, 0.2) is 30.6 Å². The molecule has 1 amide bonds. The van der Waals surface area contributed by atoms with Crippen molar-refractivity contribution in [3.63, 3.8) is 0 Å². The lowest BCUT2D eigenvalue weighted by atomic mass is 9.70. The summed E-state index contributed by atoms with van der Waals surface area (Å²) in [5.41, 5.74) is -1.20. The van der Waals surface area contributed by atoms with Gasteiger partial charge in [-0.3, -0.25) is 9.63 Å². The molecule has 0 N–H and O–H groups in total. The van der Waals surface area contributed by atoms with Gasteiger partial charge in [0.25, 0.3) is 0 Å². The van der Waals surface area contributed by atoms with E-state index >= 15 is 0 Å². The highest BCUT2D eigenvalue weighted by Crippen LogP contribution is 2.48. The molecule has 1 saturated heterocycles. The topological polar surface area (TPSA) is 81.0 Å². The van der Waals surface area contributed by atoms with Gasteiger partial charge in [-0.1, -0.05) is 36.4 Å². The minimum Gasteiger partial charge on any atom is -0.409 e. The molecule has 1 aromatic carbocycles. The Morgan fingerprint density at radius 3 is 1.97 bits per heavy atom. The maximum absolute atomic E-state index is 12.9. The number of carbonyl (C=O) groups excluding carboxylic acids is 1. The lowest BCUT2D eigenvalue weighted by Gasteiger charge is -2.59. The third-order valence-electron chi connectivity index (χ3n) is 5.66. The number of β-lactam (4-membered cyclic amide) rings is 1. The Hall–Kier alpha value is -1.59. The molecule has 1 aromatic rings. The van der Waals surface area contributed by atoms with Crippen LogP contribution in [0.3, 0.4) is 0 Å². The van der Waals surface area contributed by atoms with Crippen LogP contribution in [-0.2, 0) is 29.5 Å². The zero-order chi connectivity index (χ0) is 26.3. The Morgan fingerprint density at radius 2 is 1.49 bits per heavy atom. The van der Waals surface area contributed by atoms with Crippen molar-refractivity contribution in [3.8, 4) is 6.07 Å². The van der Waals surface area contributed by atoms with Crippen molar-refractivity contribution in [2.45, 2.75) is 95.3 Å². The van der Waals surface area contributed by atoms with E-state index in [-0.39, 0.29) is 18.9 Å². The largest absolute Gasteiger partial charge is 0.409 e. The van der Waals surface area contributed by atoms with Crippen LogP contribution < -0.4 is 0 Å². The van der Waals surface area contributed by atoms with Gasteiger partial charge in [0.2, 0.25) is 5.91 Å². The van der Waals surface area contributed by atoms with Gasteiger partial charge in [0.05, 0.1) is 6.42 Å². The molecule has 1 spiro atoms. The van der Waals surface area contributed by atoms with Gasteiger partial charge in [-0.05, 0) is 70.6 Å². The van der Waals surface area contributed by atoms with E-state index in [0.717, 1.165) is 5.56 Å². The van der Waals surface area contributed by atoms with Crippen molar-refractivity contribution in [2.75, 3.05) is 0 Å². The number of benzene rings is 1. The highest BCUT2D eigenvalue weighted by molar-refractivity contribution is 6.70. The van der Waals surface area contributed by atoms with Crippen molar-refractivity contribution < 1.29 is 22.9 Å². The Kier molecular flexibility index (Phi) is 7.76. The third kappa shape index (κ3) is 6.40. The van der Waals surface area contributed by atoms with Crippen LogP contribution in [0.15, 0.2) is 42.5 Å². The zero-order valence-corrected chi connectivity index (χ0v) is 25.5. The molecule has 0 unspecified atom stereocenters. The molecule has 1 heterocycles. The van der Waals surface area contributed by atoms with Crippen molar-refractivity contribution in [1.29, 1.82) is 5.26 Å². The molecule has 0 radical (unpaired) electrons. The average Bonchev–Trinajstić information content (AvgIpc) is 2.70. The van der Waals surface area contributed by atoms with Crippen LogP contribution in [0.2, 0.25) is 58.9 Å². The van der Waals surface area contributed by atoms with Crippen LogP contribution in [0.5, 0.6) is 0 Å². The number of nitrogens with zero attached hydrogens (tertiary/aromatic N) is 2. The SMILES string of the molecule is C[Si](C)(C)O[C@@H]1[C@H](O[Si](C)(C)C)[C@@](C#N)(O[Si](C)(C)C)C=C[C@]12CC(=O)N2OCc1ccccc1. The van der Waals surface area contributed by atoms with Gasteiger partial charge in [-0.15, -0.1) is 0 Å². The zero-order valence-electron chi connectivity index (χ0n) is 22.5. The molecule has 0 aromatic heterocycles. The fourth-order valence-corrected chi connectivity index (χ4v) is 7.91. The van der Waals surface area contributed by atoms with Gasteiger partial charge in [-0.2, -0.15) is 5.26 Å². The lowest BCUT2D eigenvalue weighted by Crippen LogP contribution is -2.77. The van der Waals surface area contributed by atoms with Crippen LogP contribution in [0.25, 0.3) is 0 Å². The molecule has 2 aliphatic rings. The van der Waals surface area contributed by atoms with E-state index in [1.165, 1.54) is 5.06 Å². The Bertz CT molecular complexity index is 994. The summed E-state index contributed by atoms with van der Waals surface area (Å²) in [5, 5.41) is 11.9. The summed E-state index contributed by atoms with van der Waals surface area (Å²) in [6.07, 6.45) is 2.63. The van der Waals surface area contributed by atoms with E-state index in [2.05, 4.69) is 65.0 Å². The molecule has 7 nitrogen and oxygen atoms in total. The number of hydrogen-bond acceptors (Lipinski definition) is 6. The van der Waals surface area contributed by atoms with E-state index in [4.69, 9.17) is 18.1 Å². The summed E-state index contributed by atoms with van der Waals surface area (Å²) in [4.78, 5) is 19.0. The standard InChI is InChI=1S/C25H40N2O5Si3/c1-33(2,3)30-22-23(31-34(4,5)6)25(19-26,32-35(7,8)9)16-15-24(22)17-21(28)27(24)29-18-20-13-11-10-12-14-20/h10-16,22-23H,17-18H2,1-9H3/t22-,23+,24+,25-/m1/s1. The van der Waals surface area contributed by atoms with Gasteiger partial charge in [0, 0.05) is 0 Å². The van der Waals surface area contributed by atoms with Crippen LogP contribution >= 0.6 is 0 Å². The minimum atomic E-state index is -2.17. The highest BCUT2D eigenvalue weighted by Gasteiger charge is 2.66. The summed E-state index contributed by atoms with van der Waals surface area (Å²) in [5.74, 6) is -0.114. The molecule has 10 heteroatoms.